The molecular weight excluding hydrogens is 334 g/mol. The quantitative estimate of drug-likeness (QED) is 0.873. The van der Waals surface area contributed by atoms with Crippen LogP contribution in [0.5, 0.6) is 0 Å². The van der Waals surface area contributed by atoms with Gasteiger partial charge in [0.15, 0.2) is 6.10 Å². The van der Waals surface area contributed by atoms with Gasteiger partial charge in [0.25, 0.3) is 5.56 Å². The maximum Gasteiger partial charge on any atom is 0.251 e. The van der Waals surface area contributed by atoms with Gasteiger partial charge in [-0.3, -0.25) is 9.59 Å². The Morgan fingerprint density at radius 1 is 1.38 bits per heavy atom. The highest BCUT2D eigenvalue weighted by Gasteiger charge is 2.25. The summed E-state index contributed by atoms with van der Waals surface area (Å²) >= 11 is 0. The van der Waals surface area contributed by atoms with Gasteiger partial charge in [0, 0.05) is 36.5 Å². The molecule has 0 aliphatic carbocycles. The molecule has 0 radical (unpaired) electrons. The Bertz CT molecular complexity index is 904. The van der Waals surface area contributed by atoms with Crippen molar-refractivity contribution in [2.75, 3.05) is 0 Å². The van der Waals surface area contributed by atoms with E-state index in [9.17, 15) is 9.59 Å². The van der Waals surface area contributed by atoms with Gasteiger partial charge >= 0.3 is 0 Å². The van der Waals surface area contributed by atoms with Crippen molar-refractivity contribution < 1.29 is 9.63 Å². The molecule has 8 nitrogen and oxygen atoms in total. The predicted octanol–water partition coefficient (Wildman–Crippen LogP) is 1.34. The number of hydrogen-bond donors (Lipinski definition) is 1. The smallest absolute Gasteiger partial charge is 0.251 e. The first-order valence-corrected chi connectivity index (χ1v) is 8.45. The first-order valence-electron chi connectivity index (χ1n) is 8.45. The largest absolute Gasteiger partial charge is 0.387 e. The Labute approximate surface area is 150 Å². The first-order chi connectivity index (χ1) is 12.4. The number of oxime groups is 1. The van der Waals surface area contributed by atoms with E-state index in [1.807, 2.05) is 20.8 Å². The second kappa shape index (κ2) is 7.47. The van der Waals surface area contributed by atoms with E-state index < -0.39 is 0 Å². The number of amides is 1. The van der Waals surface area contributed by atoms with Gasteiger partial charge in [-0.1, -0.05) is 5.16 Å². The molecule has 0 spiro atoms. The number of nitrogens with zero attached hydrogens (tertiary/aromatic N) is 4. The summed E-state index contributed by atoms with van der Waals surface area (Å²) in [5, 5.41) is 6.89. The molecule has 1 aliphatic heterocycles. The lowest BCUT2D eigenvalue weighted by molar-refractivity contribution is -0.122. The van der Waals surface area contributed by atoms with Crippen molar-refractivity contribution in [1.29, 1.82) is 0 Å². The third-order valence-electron chi connectivity index (χ3n) is 3.88. The van der Waals surface area contributed by atoms with Crippen LogP contribution in [-0.4, -0.2) is 32.2 Å². The van der Waals surface area contributed by atoms with Crippen LogP contribution in [0.25, 0.3) is 0 Å². The normalized spacial score (nSPS) is 16.3. The number of carbonyl (C=O) groups excluding carboxylic acids is 1. The van der Waals surface area contributed by atoms with Crippen molar-refractivity contribution in [2.24, 2.45) is 5.16 Å². The Morgan fingerprint density at radius 2 is 2.19 bits per heavy atom. The van der Waals surface area contributed by atoms with E-state index in [2.05, 4.69) is 20.4 Å². The first kappa shape index (κ1) is 17.8. The van der Waals surface area contributed by atoms with Crippen molar-refractivity contribution in [1.82, 2.24) is 19.9 Å². The molecule has 1 atom stereocenters. The van der Waals surface area contributed by atoms with Crippen LogP contribution < -0.4 is 10.9 Å². The minimum absolute atomic E-state index is 0.0202. The molecule has 3 rings (SSSR count). The van der Waals surface area contributed by atoms with Gasteiger partial charge in [0.2, 0.25) is 5.91 Å². The lowest BCUT2D eigenvalue weighted by Crippen LogP contribution is -2.35. The van der Waals surface area contributed by atoms with Crippen LogP contribution in [0, 0.1) is 6.92 Å². The van der Waals surface area contributed by atoms with Gasteiger partial charge in [0.05, 0.1) is 5.69 Å². The van der Waals surface area contributed by atoms with Crippen LogP contribution in [0.1, 0.15) is 43.5 Å². The molecule has 136 valence electrons. The second-order valence-electron chi connectivity index (χ2n) is 6.48. The van der Waals surface area contributed by atoms with E-state index in [-0.39, 0.29) is 30.2 Å². The fraction of sp³-hybridized carbons (Fsp3) is 0.389. The molecule has 0 saturated carbocycles. The summed E-state index contributed by atoms with van der Waals surface area (Å²) in [5.74, 6) is 0.457. The van der Waals surface area contributed by atoms with Crippen molar-refractivity contribution in [2.45, 2.75) is 45.9 Å². The molecule has 1 amide bonds. The molecular formula is C18H21N5O3. The van der Waals surface area contributed by atoms with E-state index in [4.69, 9.17) is 4.84 Å². The van der Waals surface area contributed by atoms with Gasteiger partial charge in [-0.2, -0.15) is 0 Å². The number of pyridine rings is 1. The molecule has 0 aromatic carbocycles. The zero-order valence-corrected chi connectivity index (χ0v) is 15.0. The van der Waals surface area contributed by atoms with E-state index >= 15 is 0 Å². The standard InChI is InChI=1S/C18H21N5O3/c1-11(2)20-17(24)10-23-9-13(4-5-18(23)25)16-8-15(22-26-16)14-6-7-19-12(3)21-14/h4-7,9,11,16H,8,10H2,1-3H3,(H,20,24). The SMILES string of the molecule is Cc1nccc(C2=NOC(c3ccc(=O)n(CC(=O)NC(C)C)c3)C2)n1. The summed E-state index contributed by atoms with van der Waals surface area (Å²) in [7, 11) is 0. The number of rotatable bonds is 5. The van der Waals surface area contributed by atoms with Crippen LogP contribution in [0.3, 0.4) is 0 Å². The number of carbonyl (C=O) groups is 1. The monoisotopic (exact) mass is 355 g/mol. The van der Waals surface area contributed by atoms with E-state index in [1.165, 1.54) is 10.6 Å². The highest BCUT2D eigenvalue weighted by molar-refractivity contribution is 5.99. The summed E-state index contributed by atoms with van der Waals surface area (Å²) < 4.78 is 1.38. The van der Waals surface area contributed by atoms with Gasteiger partial charge < -0.3 is 14.7 Å². The van der Waals surface area contributed by atoms with Crippen LogP contribution in [0.2, 0.25) is 0 Å². The molecule has 0 bridgehead atoms. The molecule has 26 heavy (non-hydrogen) atoms. The van der Waals surface area contributed by atoms with Crippen LogP contribution in [-0.2, 0) is 16.2 Å². The molecule has 3 heterocycles. The van der Waals surface area contributed by atoms with E-state index in [0.29, 0.717) is 12.2 Å². The molecule has 0 saturated heterocycles. The number of aryl methyl sites for hydroxylation is 1. The minimum Gasteiger partial charge on any atom is -0.387 e. The number of nitrogens with one attached hydrogen (secondary N) is 1. The molecule has 0 fully saturated rings. The molecule has 2 aromatic rings. The summed E-state index contributed by atoms with van der Waals surface area (Å²) in [6.45, 7) is 5.53. The maximum atomic E-state index is 12.0. The zero-order valence-electron chi connectivity index (χ0n) is 15.0. The fourth-order valence-electron chi connectivity index (χ4n) is 2.71. The predicted molar refractivity (Wildman–Crippen MR) is 95.7 cm³/mol. The van der Waals surface area contributed by atoms with Crippen LogP contribution in [0.4, 0.5) is 0 Å². The third kappa shape index (κ3) is 4.14. The Kier molecular flexibility index (Phi) is 5.11. The molecule has 8 heteroatoms. The number of hydrogen-bond acceptors (Lipinski definition) is 6. The van der Waals surface area contributed by atoms with Gasteiger partial charge in [0.1, 0.15) is 18.1 Å². The van der Waals surface area contributed by atoms with Gasteiger partial charge in [-0.15, -0.1) is 0 Å². The minimum atomic E-state index is -0.319. The lowest BCUT2D eigenvalue weighted by atomic mass is 10.0. The number of aromatic nitrogens is 3. The summed E-state index contributed by atoms with van der Waals surface area (Å²) in [5.41, 5.74) is 2.00. The molecule has 1 aliphatic rings. The summed E-state index contributed by atoms with van der Waals surface area (Å²) in [6.07, 6.45) is 3.55. The van der Waals surface area contributed by atoms with Crippen molar-refractivity contribution in [3.8, 4) is 0 Å². The average molecular weight is 355 g/mol. The molecule has 1 unspecified atom stereocenters. The van der Waals surface area contributed by atoms with Crippen LogP contribution in [0.15, 0.2) is 40.5 Å². The van der Waals surface area contributed by atoms with Crippen molar-refractivity contribution in [3.05, 3.63) is 58.0 Å². The maximum absolute atomic E-state index is 12.0. The third-order valence-corrected chi connectivity index (χ3v) is 3.88. The highest BCUT2D eigenvalue weighted by atomic mass is 16.6. The molecule has 2 aromatic heterocycles. The molecule has 1 N–H and O–H groups in total. The zero-order chi connectivity index (χ0) is 18.7. The Hall–Kier alpha value is -3.03. The van der Waals surface area contributed by atoms with Crippen LogP contribution >= 0.6 is 0 Å². The highest BCUT2D eigenvalue weighted by Crippen LogP contribution is 2.28. The van der Waals surface area contributed by atoms with Gasteiger partial charge in [-0.25, -0.2) is 9.97 Å². The topological polar surface area (TPSA) is 98.5 Å². The second-order valence-corrected chi connectivity index (χ2v) is 6.48. The van der Waals surface area contributed by atoms with Gasteiger partial charge in [-0.05, 0) is 32.9 Å². The lowest BCUT2D eigenvalue weighted by Gasteiger charge is -2.13. The van der Waals surface area contributed by atoms with E-state index in [1.54, 1.807) is 24.5 Å². The Morgan fingerprint density at radius 3 is 2.92 bits per heavy atom. The summed E-state index contributed by atoms with van der Waals surface area (Å²) in [4.78, 5) is 37.9. The fourth-order valence-corrected chi connectivity index (χ4v) is 2.71. The van der Waals surface area contributed by atoms with Crippen molar-refractivity contribution >= 4 is 11.6 Å². The van der Waals surface area contributed by atoms with E-state index in [0.717, 1.165) is 17.0 Å². The summed E-state index contributed by atoms with van der Waals surface area (Å²) in [6, 6.07) is 4.95. The Balaban J connectivity index is 1.74. The van der Waals surface area contributed by atoms with Crippen molar-refractivity contribution in [3.63, 3.8) is 0 Å². The average Bonchev–Trinajstić information content (AvgIpc) is 3.06.